The Labute approximate surface area is 176 Å². The van der Waals surface area contributed by atoms with Gasteiger partial charge in [-0.1, -0.05) is 0 Å². The number of nitrogens with one attached hydrogen (secondary N) is 1. The van der Waals surface area contributed by atoms with Crippen molar-refractivity contribution in [2.45, 2.75) is 19.0 Å². The molecule has 3 heterocycles. The summed E-state index contributed by atoms with van der Waals surface area (Å²) in [4.78, 5) is 31.6. The van der Waals surface area contributed by atoms with Gasteiger partial charge in [0.1, 0.15) is 5.75 Å². The maximum atomic E-state index is 13.0. The molecule has 0 spiro atoms. The van der Waals surface area contributed by atoms with E-state index in [2.05, 4.69) is 15.1 Å². The van der Waals surface area contributed by atoms with Crippen LogP contribution in [0.25, 0.3) is 0 Å². The molecule has 2 aliphatic heterocycles. The predicted molar refractivity (Wildman–Crippen MR) is 112 cm³/mol. The zero-order valence-corrected chi connectivity index (χ0v) is 17.3. The number of nitrogens with zero attached hydrogens (tertiary/aromatic N) is 3. The van der Waals surface area contributed by atoms with Crippen LogP contribution in [-0.2, 0) is 16.1 Å². The molecule has 0 unspecified atom stereocenters. The summed E-state index contributed by atoms with van der Waals surface area (Å²) in [6.45, 7) is 4.78. The summed E-state index contributed by atoms with van der Waals surface area (Å²) >= 11 is 0. The van der Waals surface area contributed by atoms with E-state index in [1.54, 1.807) is 19.6 Å². The molecule has 1 atom stereocenters. The van der Waals surface area contributed by atoms with Gasteiger partial charge in [0.2, 0.25) is 11.8 Å². The van der Waals surface area contributed by atoms with E-state index in [0.29, 0.717) is 26.2 Å². The van der Waals surface area contributed by atoms with E-state index < -0.39 is 6.04 Å². The number of piperazine rings is 2. The number of benzene rings is 1. The van der Waals surface area contributed by atoms with Crippen LogP contribution in [-0.4, -0.2) is 74.0 Å². The predicted octanol–water partition coefficient (Wildman–Crippen LogP) is 1.33. The topological polar surface area (TPSA) is 78.3 Å². The zero-order chi connectivity index (χ0) is 20.9. The summed E-state index contributed by atoms with van der Waals surface area (Å²) in [5.74, 6) is 0.789. The molecule has 0 saturated carbocycles. The van der Waals surface area contributed by atoms with Gasteiger partial charge in [-0.2, -0.15) is 0 Å². The van der Waals surface area contributed by atoms with Gasteiger partial charge in [0.25, 0.3) is 0 Å². The van der Waals surface area contributed by atoms with Crippen molar-refractivity contribution in [3.05, 3.63) is 48.4 Å². The van der Waals surface area contributed by atoms with E-state index >= 15 is 0 Å². The smallest absolute Gasteiger partial charge is 0.237 e. The molecule has 0 bridgehead atoms. The van der Waals surface area contributed by atoms with E-state index in [9.17, 15) is 9.59 Å². The van der Waals surface area contributed by atoms with Crippen LogP contribution in [0.3, 0.4) is 0 Å². The second-order valence-corrected chi connectivity index (χ2v) is 7.68. The molecule has 2 fully saturated rings. The average molecular weight is 412 g/mol. The van der Waals surface area contributed by atoms with Crippen LogP contribution in [0, 0.1) is 0 Å². The minimum absolute atomic E-state index is 0.0311. The molecular formula is C22H28N4O4. The van der Waals surface area contributed by atoms with Gasteiger partial charge in [0.05, 0.1) is 32.1 Å². The second kappa shape index (κ2) is 9.21. The SMILES string of the molecule is COc1ccc(N2CCN(C(=O)C[C@H]3C(=O)NCCN3Cc3ccoc3)CC2)cc1. The zero-order valence-electron chi connectivity index (χ0n) is 17.3. The van der Waals surface area contributed by atoms with Crippen molar-refractivity contribution >= 4 is 17.5 Å². The number of anilines is 1. The van der Waals surface area contributed by atoms with E-state index in [1.165, 1.54) is 0 Å². The fourth-order valence-corrected chi connectivity index (χ4v) is 4.09. The molecule has 0 aliphatic carbocycles. The largest absolute Gasteiger partial charge is 0.497 e. The van der Waals surface area contributed by atoms with Gasteiger partial charge in [-0.15, -0.1) is 0 Å². The lowest BCUT2D eigenvalue weighted by Gasteiger charge is -2.38. The summed E-state index contributed by atoms with van der Waals surface area (Å²) in [5.41, 5.74) is 2.14. The molecule has 4 rings (SSSR count). The standard InChI is InChI=1S/C22H28N4O4/c1-29-19-4-2-18(3-5-19)24-9-11-25(12-10-24)21(27)14-20-22(28)23-7-8-26(20)15-17-6-13-30-16-17/h2-6,13,16,20H,7-12,14-15H2,1H3,(H,23,28)/t20-/m0/s1. The first-order valence-corrected chi connectivity index (χ1v) is 10.3. The number of furan rings is 1. The average Bonchev–Trinajstić information content (AvgIpc) is 3.29. The van der Waals surface area contributed by atoms with Gasteiger partial charge in [-0.25, -0.2) is 0 Å². The van der Waals surface area contributed by atoms with E-state index in [1.807, 2.05) is 35.2 Å². The Bertz CT molecular complexity index is 845. The lowest BCUT2D eigenvalue weighted by Crippen LogP contribution is -2.57. The molecule has 1 N–H and O–H groups in total. The number of carbonyl (C=O) groups excluding carboxylic acids is 2. The third-order valence-corrected chi connectivity index (χ3v) is 5.85. The Morgan fingerprint density at radius 1 is 1.13 bits per heavy atom. The van der Waals surface area contributed by atoms with Gasteiger partial charge in [-0.3, -0.25) is 14.5 Å². The molecule has 0 radical (unpaired) electrons. The first kappa shape index (κ1) is 20.3. The van der Waals surface area contributed by atoms with Crippen LogP contribution in [0.2, 0.25) is 0 Å². The molecular weight excluding hydrogens is 384 g/mol. The first-order chi connectivity index (χ1) is 14.6. The highest BCUT2D eigenvalue weighted by Gasteiger charge is 2.33. The van der Waals surface area contributed by atoms with Crippen LogP contribution in [0.15, 0.2) is 47.3 Å². The van der Waals surface area contributed by atoms with Crippen molar-refractivity contribution in [3.8, 4) is 5.75 Å². The Kier molecular flexibility index (Phi) is 6.23. The van der Waals surface area contributed by atoms with Crippen molar-refractivity contribution in [3.63, 3.8) is 0 Å². The van der Waals surface area contributed by atoms with Crippen LogP contribution in [0.4, 0.5) is 5.69 Å². The summed E-state index contributed by atoms with van der Waals surface area (Å²) in [7, 11) is 1.66. The Morgan fingerprint density at radius 3 is 2.57 bits per heavy atom. The second-order valence-electron chi connectivity index (χ2n) is 7.68. The summed E-state index contributed by atoms with van der Waals surface area (Å²) in [5, 5.41) is 2.89. The highest BCUT2D eigenvalue weighted by molar-refractivity contribution is 5.89. The lowest BCUT2D eigenvalue weighted by molar-refractivity contribution is -0.139. The third kappa shape index (κ3) is 4.59. The van der Waals surface area contributed by atoms with Crippen molar-refractivity contribution < 1.29 is 18.7 Å². The van der Waals surface area contributed by atoms with Crippen molar-refractivity contribution in [2.24, 2.45) is 0 Å². The van der Waals surface area contributed by atoms with E-state index in [-0.39, 0.29) is 18.2 Å². The Hall–Kier alpha value is -3.00. The van der Waals surface area contributed by atoms with Crippen molar-refractivity contribution in [1.82, 2.24) is 15.1 Å². The number of methoxy groups -OCH3 is 1. The molecule has 1 aromatic heterocycles. The van der Waals surface area contributed by atoms with Crippen LogP contribution in [0.1, 0.15) is 12.0 Å². The number of hydrogen-bond donors (Lipinski definition) is 1. The molecule has 1 aromatic carbocycles. The highest BCUT2D eigenvalue weighted by Crippen LogP contribution is 2.21. The van der Waals surface area contributed by atoms with Crippen molar-refractivity contribution in [2.75, 3.05) is 51.3 Å². The van der Waals surface area contributed by atoms with Gasteiger partial charge in [0, 0.05) is 57.1 Å². The molecule has 2 amide bonds. The maximum absolute atomic E-state index is 13.0. The number of amides is 2. The van der Waals surface area contributed by atoms with Crippen molar-refractivity contribution in [1.29, 1.82) is 0 Å². The van der Waals surface area contributed by atoms with Gasteiger partial charge in [0.15, 0.2) is 0 Å². The molecule has 2 aliphatic rings. The number of hydrogen-bond acceptors (Lipinski definition) is 6. The number of ether oxygens (including phenoxy) is 1. The molecule has 160 valence electrons. The van der Waals surface area contributed by atoms with E-state index in [0.717, 1.165) is 36.6 Å². The van der Waals surface area contributed by atoms with Crippen LogP contribution in [0.5, 0.6) is 5.75 Å². The van der Waals surface area contributed by atoms with Crippen LogP contribution >= 0.6 is 0 Å². The number of carbonyl (C=O) groups is 2. The first-order valence-electron chi connectivity index (χ1n) is 10.3. The minimum Gasteiger partial charge on any atom is -0.497 e. The lowest BCUT2D eigenvalue weighted by atomic mass is 10.1. The number of rotatable bonds is 6. The van der Waals surface area contributed by atoms with E-state index in [4.69, 9.17) is 9.15 Å². The van der Waals surface area contributed by atoms with Gasteiger partial charge in [-0.05, 0) is 30.3 Å². The normalized spacial score (nSPS) is 20.2. The van der Waals surface area contributed by atoms with Gasteiger partial charge >= 0.3 is 0 Å². The molecule has 2 saturated heterocycles. The summed E-state index contributed by atoms with van der Waals surface area (Å²) in [6, 6.07) is 9.42. The third-order valence-electron chi connectivity index (χ3n) is 5.85. The Balaban J connectivity index is 1.33. The molecule has 2 aromatic rings. The molecule has 30 heavy (non-hydrogen) atoms. The maximum Gasteiger partial charge on any atom is 0.237 e. The fourth-order valence-electron chi connectivity index (χ4n) is 4.09. The molecule has 8 heteroatoms. The fraction of sp³-hybridized carbons (Fsp3) is 0.455. The van der Waals surface area contributed by atoms with Gasteiger partial charge < -0.3 is 24.3 Å². The summed E-state index contributed by atoms with van der Waals surface area (Å²) in [6.07, 6.45) is 3.51. The summed E-state index contributed by atoms with van der Waals surface area (Å²) < 4.78 is 10.4. The monoisotopic (exact) mass is 412 g/mol. The molecule has 8 nitrogen and oxygen atoms in total. The highest BCUT2D eigenvalue weighted by atomic mass is 16.5. The quantitative estimate of drug-likeness (QED) is 0.771. The minimum atomic E-state index is -0.444. The van der Waals surface area contributed by atoms with Crippen LogP contribution < -0.4 is 15.0 Å². The Morgan fingerprint density at radius 2 is 1.90 bits per heavy atom.